The summed E-state index contributed by atoms with van der Waals surface area (Å²) in [4.78, 5) is 62.8. The predicted octanol–water partition coefficient (Wildman–Crippen LogP) is 3.34. The van der Waals surface area contributed by atoms with Crippen LogP contribution in [0.2, 0.25) is 0 Å². The fraction of sp³-hybridized carbons (Fsp3) is 0.762. The summed E-state index contributed by atoms with van der Waals surface area (Å²) in [7, 11) is 0. The van der Waals surface area contributed by atoms with Gasteiger partial charge in [0.25, 0.3) is 0 Å². The molecule has 0 aliphatic rings. The van der Waals surface area contributed by atoms with Crippen LogP contribution in [0.25, 0.3) is 0 Å². The first kappa shape index (κ1) is 66.9. The Morgan fingerprint density at radius 1 is 0.377 bits per heavy atom. The summed E-state index contributed by atoms with van der Waals surface area (Å²) in [6.07, 6.45) is 17.0. The van der Waals surface area contributed by atoms with Crippen LogP contribution in [0.15, 0.2) is 24.3 Å². The van der Waals surface area contributed by atoms with Crippen LogP contribution in [0.5, 0.6) is 0 Å². The molecule has 61 heavy (non-hydrogen) atoms. The average Bonchev–Trinajstić information content (AvgIpc) is 3.20. The first-order valence-electron chi connectivity index (χ1n) is 20.5. The van der Waals surface area contributed by atoms with E-state index < -0.39 is 86.3 Å². The number of aliphatic hydroxyl groups is 6. The van der Waals surface area contributed by atoms with Crippen molar-refractivity contribution in [3.63, 3.8) is 0 Å². The van der Waals surface area contributed by atoms with E-state index in [1.807, 2.05) is 0 Å². The molecule has 0 bridgehead atoms. The van der Waals surface area contributed by atoms with E-state index in [9.17, 15) is 28.8 Å². The summed E-state index contributed by atoms with van der Waals surface area (Å²) >= 11 is 0. The van der Waals surface area contributed by atoms with Crippen molar-refractivity contribution < 1.29 is 89.3 Å². The highest BCUT2D eigenvalue weighted by Gasteiger charge is 2.31. The van der Waals surface area contributed by atoms with Gasteiger partial charge in [0.1, 0.15) is 13.2 Å². The third kappa shape index (κ3) is 46.2. The molecule has 0 spiro atoms. The second kappa shape index (κ2) is 44.9. The molecule has 0 saturated carbocycles. The number of carbonyl (C=O) groups excluding carboxylic acids is 2. The van der Waals surface area contributed by atoms with Crippen molar-refractivity contribution in [1.29, 1.82) is 0 Å². The molecule has 0 rings (SSSR count). The summed E-state index contributed by atoms with van der Waals surface area (Å²) in [5, 5.41) is 87.0. The average molecular weight is 895 g/mol. The second-order valence-electron chi connectivity index (χ2n) is 14.9. The zero-order valence-corrected chi connectivity index (χ0v) is 36.0. The minimum atomic E-state index is -1.18. The fourth-order valence-corrected chi connectivity index (χ4v) is 4.48. The zero-order chi connectivity index (χ0) is 46.8. The third-order valence-corrected chi connectivity index (χ3v) is 8.79. The molecule has 0 saturated heterocycles. The maximum Gasteiger partial charge on any atom is 0.333 e. The van der Waals surface area contributed by atoms with Gasteiger partial charge in [0.2, 0.25) is 0 Å². The molecule has 0 radical (unpaired) electrons. The van der Waals surface area contributed by atoms with Crippen molar-refractivity contribution in [2.75, 3.05) is 52.9 Å². The van der Waals surface area contributed by atoms with E-state index in [2.05, 4.69) is 13.2 Å². The van der Waals surface area contributed by atoms with E-state index in [4.69, 9.17) is 60.5 Å². The fourth-order valence-electron chi connectivity index (χ4n) is 4.48. The molecule has 10 N–H and O–H groups in total. The van der Waals surface area contributed by atoms with Crippen LogP contribution in [0.3, 0.4) is 0 Å². The van der Waals surface area contributed by atoms with Gasteiger partial charge in [-0.1, -0.05) is 90.2 Å². The van der Waals surface area contributed by atoms with Gasteiger partial charge in [-0.3, -0.25) is 19.2 Å². The molecule has 356 valence electrons. The second-order valence-corrected chi connectivity index (χ2v) is 14.9. The number of carboxylic acids is 4. The lowest BCUT2D eigenvalue weighted by molar-refractivity contribution is -0.147. The molecule has 0 amide bonds. The smallest absolute Gasteiger partial charge is 0.333 e. The van der Waals surface area contributed by atoms with Crippen LogP contribution < -0.4 is 0 Å². The predicted molar refractivity (Wildman–Crippen MR) is 230 cm³/mol. The number of ether oxygens (including phenoxy) is 2. The van der Waals surface area contributed by atoms with E-state index in [-0.39, 0.29) is 73.1 Å². The van der Waals surface area contributed by atoms with Gasteiger partial charge in [-0.05, 0) is 39.5 Å². The van der Waals surface area contributed by atoms with E-state index in [1.54, 1.807) is 0 Å². The van der Waals surface area contributed by atoms with Crippen LogP contribution in [-0.2, 0) is 38.2 Å². The van der Waals surface area contributed by atoms with Crippen LogP contribution >= 0.6 is 0 Å². The van der Waals surface area contributed by atoms with E-state index in [0.717, 1.165) is 103 Å². The van der Waals surface area contributed by atoms with E-state index in [1.165, 1.54) is 13.8 Å². The van der Waals surface area contributed by atoms with E-state index >= 15 is 0 Å². The number of esters is 2. The van der Waals surface area contributed by atoms with Crippen molar-refractivity contribution in [3.8, 4) is 0 Å². The standard InChI is InChI=1S/2C12H22O4.2C9H16O5.Mg.2H/c2*13-11(14)9-7-5-3-1-2-4-6-8-10-12(15)16;2*1-7(2)8(13)14-6-9(3-10,4-11)5-12;;;/h2*1-10H2,(H,13,14)(H,15,16);2*10-12H,1,3-6H2,2H3;;;. The lowest BCUT2D eigenvalue weighted by Gasteiger charge is -2.26. The third-order valence-electron chi connectivity index (χ3n) is 8.79. The molecule has 0 aromatic heterocycles. The molecule has 0 aliphatic heterocycles. The van der Waals surface area contributed by atoms with Gasteiger partial charge in [0, 0.05) is 36.8 Å². The highest BCUT2D eigenvalue weighted by molar-refractivity contribution is 5.87. The molecule has 0 aliphatic carbocycles. The van der Waals surface area contributed by atoms with Crippen molar-refractivity contribution in [1.82, 2.24) is 0 Å². The molecule has 0 aromatic rings. The van der Waals surface area contributed by atoms with Gasteiger partial charge < -0.3 is 60.5 Å². The Morgan fingerprint density at radius 3 is 0.672 bits per heavy atom. The lowest BCUT2D eigenvalue weighted by Crippen LogP contribution is -2.39. The maximum atomic E-state index is 11.0. The first-order valence-corrected chi connectivity index (χ1v) is 20.5. The topological polar surface area (TPSA) is 323 Å². The Labute approximate surface area is 377 Å². The first-order chi connectivity index (χ1) is 28.3. The number of aliphatic carboxylic acids is 4. The molecule has 0 fully saturated rings. The SMILES string of the molecule is C=C(C)C(=O)OCC(CO)(CO)CO.C=C(C)C(=O)OCC(CO)(CO)CO.O=C(O)CCCCCCCCCCC(=O)O.O=C(O)CCCCCCCCCCC(=O)O.[MgH2]. The number of hydrogen-bond acceptors (Lipinski definition) is 14. The van der Waals surface area contributed by atoms with Crippen molar-refractivity contribution >= 4 is 58.9 Å². The molecule has 18 nitrogen and oxygen atoms in total. The van der Waals surface area contributed by atoms with Crippen molar-refractivity contribution in [3.05, 3.63) is 24.3 Å². The number of rotatable bonds is 34. The highest BCUT2D eigenvalue weighted by atomic mass is 24.3. The summed E-state index contributed by atoms with van der Waals surface area (Å²) in [5.41, 5.74) is -1.89. The quantitative estimate of drug-likeness (QED) is 0.0192. The lowest BCUT2D eigenvalue weighted by atomic mass is 9.92. The number of carboxylic acid groups (broad SMARTS) is 4. The van der Waals surface area contributed by atoms with Gasteiger partial charge in [0.05, 0.1) is 50.5 Å². The summed E-state index contributed by atoms with van der Waals surface area (Å²) < 4.78 is 9.45. The monoisotopic (exact) mass is 895 g/mol. The summed E-state index contributed by atoms with van der Waals surface area (Å²) in [6, 6.07) is 0. The summed E-state index contributed by atoms with van der Waals surface area (Å²) in [6.45, 7) is 6.52. The van der Waals surface area contributed by atoms with Gasteiger partial charge >= 0.3 is 58.9 Å². The summed E-state index contributed by atoms with van der Waals surface area (Å²) in [5.74, 6) is -4.07. The zero-order valence-electron chi connectivity index (χ0n) is 36.0. The number of aliphatic hydroxyl groups excluding tert-OH is 6. The van der Waals surface area contributed by atoms with Crippen LogP contribution in [-0.4, -0.2) is 163 Å². The number of carbonyl (C=O) groups is 6. The van der Waals surface area contributed by atoms with E-state index in [0.29, 0.717) is 0 Å². The molecular formula is C42H78MgO18. The Balaban J connectivity index is -0.000000228. The van der Waals surface area contributed by atoms with Gasteiger partial charge in [-0.15, -0.1) is 0 Å². The molecule has 0 atom stereocenters. The van der Waals surface area contributed by atoms with Crippen LogP contribution in [0, 0.1) is 10.8 Å². The Hall–Kier alpha value is -3.17. The molecule has 19 heteroatoms. The minimum absolute atomic E-state index is 0. The minimum Gasteiger partial charge on any atom is -0.481 e. The molecule has 0 aromatic carbocycles. The van der Waals surface area contributed by atoms with Gasteiger partial charge in [0.15, 0.2) is 0 Å². The van der Waals surface area contributed by atoms with Gasteiger partial charge in [-0.2, -0.15) is 0 Å². The van der Waals surface area contributed by atoms with Crippen molar-refractivity contribution in [2.24, 2.45) is 10.8 Å². The Bertz CT molecular complexity index is 1030. The van der Waals surface area contributed by atoms with Gasteiger partial charge in [-0.25, -0.2) is 9.59 Å². The number of hydrogen-bond donors (Lipinski definition) is 10. The molecule has 0 heterocycles. The molecular weight excluding hydrogens is 817 g/mol. The highest BCUT2D eigenvalue weighted by Crippen LogP contribution is 2.17. The Kier molecular flexibility index (Phi) is 49.2. The number of unbranched alkanes of at least 4 members (excludes halogenated alkanes) is 14. The Morgan fingerprint density at radius 2 is 0.541 bits per heavy atom. The van der Waals surface area contributed by atoms with Crippen LogP contribution in [0.4, 0.5) is 0 Å². The normalized spacial score (nSPS) is 10.5. The largest absolute Gasteiger partial charge is 0.481 e. The van der Waals surface area contributed by atoms with Crippen LogP contribution in [0.1, 0.15) is 142 Å². The van der Waals surface area contributed by atoms with Crippen molar-refractivity contribution in [2.45, 2.75) is 142 Å². The molecule has 0 unspecified atom stereocenters. The maximum absolute atomic E-state index is 11.0.